The average molecular weight is 300 g/mol. The fraction of sp³-hybridized carbons (Fsp3) is 0.625. The molecule has 21 heavy (non-hydrogen) atoms. The molecule has 1 aliphatic heterocycles. The first-order valence-electron chi connectivity index (χ1n) is 7.58. The van der Waals surface area contributed by atoms with Crippen LogP contribution in [0.3, 0.4) is 0 Å². The predicted molar refractivity (Wildman–Crippen MR) is 79.6 cm³/mol. The van der Waals surface area contributed by atoms with Crippen LogP contribution in [0.1, 0.15) is 38.7 Å². The van der Waals surface area contributed by atoms with Gasteiger partial charge in [0.15, 0.2) is 0 Å². The topological polar surface area (TPSA) is 15.3 Å². The lowest BCUT2D eigenvalue weighted by Crippen LogP contribution is -2.51. The minimum absolute atomic E-state index is 0.102. The summed E-state index contributed by atoms with van der Waals surface area (Å²) in [5.74, 6) is 0. The lowest BCUT2D eigenvalue weighted by atomic mass is 9.92. The van der Waals surface area contributed by atoms with Crippen LogP contribution in [0.25, 0.3) is 0 Å². The zero-order chi connectivity index (χ0) is 15.5. The number of nitrogens with one attached hydrogen (secondary N) is 1. The van der Waals surface area contributed by atoms with Crippen LogP contribution in [0.2, 0.25) is 0 Å². The second-order valence-corrected chi connectivity index (χ2v) is 5.70. The fourth-order valence-corrected chi connectivity index (χ4v) is 3.04. The van der Waals surface area contributed by atoms with Gasteiger partial charge in [0.1, 0.15) is 0 Å². The van der Waals surface area contributed by atoms with E-state index in [1.54, 1.807) is 12.1 Å². The van der Waals surface area contributed by atoms with Crippen molar-refractivity contribution < 1.29 is 13.2 Å². The zero-order valence-corrected chi connectivity index (χ0v) is 12.6. The first-order valence-corrected chi connectivity index (χ1v) is 7.58. The number of rotatable bonds is 3. The summed E-state index contributed by atoms with van der Waals surface area (Å²) in [7, 11) is 0. The van der Waals surface area contributed by atoms with Gasteiger partial charge in [0.25, 0.3) is 0 Å². The summed E-state index contributed by atoms with van der Waals surface area (Å²) in [6, 6.07) is 5.90. The van der Waals surface area contributed by atoms with E-state index in [1.165, 1.54) is 12.1 Å². The van der Waals surface area contributed by atoms with Crippen LogP contribution in [0.15, 0.2) is 24.3 Å². The minimum atomic E-state index is -4.31. The van der Waals surface area contributed by atoms with Gasteiger partial charge in [-0.1, -0.05) is 26.0 Å². The number of hydrogen-bond donors (Lipinski definition) is 1. The minimum Gasteiger partial charge on any atom is -0.369 e. The van der Waals surface area contributed by atoms with Gasteiger partial charge in [-0.05, 0) is 37.9 Å². The Bertz CT molecular complexity index is 467. The normalized spacial score (nSPS) is 19.4. The molecule has 0 aromatic heterocycles. The molecule has 0 atom stereocenters. The molecule has 5 heteroatoms. The van der Waals surface area contributed by atoms with Gasteiger partial charge in [0.05, 0.1) is 5.56 Å². The van der Waals surface area contributed by atoms with Gasteiger partial charge >= 0.3 is 6.18 Å². The number of halogens is 3. The van der Waals surface area contributed by atoms with Crippen LogP contribution in [-0.2, 0) is 6.18 Å². The second kappa shape index (κ2) is 6.26. The van der Waals surface area contributed by atoms with E-state index in [-0.39, 0.29) is 5.54 Å². The van der Waals surface area contributed by atoms with Gasteiger partial charge in [0.2, 0.25) is 0 Å². The van der Waals surface area contributed by atoms with E-state index in [4.69, 9.17) is 0 Å². The first kappa shape index (κ1) is 16.1. The molecule has 2 nitrogen and oxygen atoms in total. The molecule has 0 saturated carbocycles. The largest absolute Gasteiger partial charge is 0.418 e. The Hall–Kier alpha value is -1.23. The van der Waals surface area contributed by atoms with E-state index >= 15 is 0 Å². The number of hydrogen-bond acceptors (Lipinski definition) is 2. The molecule has 0 amide bonds. The van der Waals surface area contributed by atoms with Crippen molar-refractivity contribution in [2.75, 3.05) is 24.5 Å². The molecule has 0 radical (unpaired) electrons. The van der Waals surface area contributed by atoms with E-state index in [9.17, 15) is 13.2 Å². The maximum atomic E-state index is 13.2. The molecule has 2 rings (SSSR count). The molecule has 1 fully saturated rings. The Morgan fingerprint density at radius 3 is 2.48 bits per heavy atom. The van der Waals surface area contributed by atoms with Crippen molar-refractivity contribution in [2.24, 2.45) is 0 Å². The van der Waals surface area contributed by atoms with Crippen molar-refractivity contribution in [3.8, 4) is 0 Å². The van der Waals surface area contributed by atoms with E-state index < -0.39 is 11.7 Å². The summed E-state index contributed by atoms with van der Waals surface area (Å²) in [6.45, 7) is 6.31. The van der Waals surface area contributed by atoms with Crippen molar-refractivity contribution in [1.29, 1.82) is 0 Å². The van der Waals surface area contributed by atoms with Crippen LogP contribution >= 0.6 is 0 Å². The number of nitrogens with zero attached hydrogens (tertiary/aromatic N) is 1. The highest BCUT2D eigenvalue weighted by Gasteiger charge is 2.37. The molecule has 0 aliphatic carbocycles. The maximum Gasteiger partial charge on any atom is 0.418 e. The van der Waals surface area contributed by atoms with Crippen molar-refractivity contribution in [1.82, 2.24) is 5.32 Å². The summed E-state index contributed by atoms with van der Waals surface area (Å²) in [6.07, 6.45) is -1.63. The van der Waals surface area contributed by atoms with Crippen LogP contribution in [0.4, 0.5) is 18.9 Å². The van der Waals surface area contributed by atoms with Crippen LogP contribution < -0.4 is 10.2 Å². The highest BCUT2D eigenvalue weighted by atomic mass is 19.4. The Morgan fingerprint density at radius 2 is 1.86 bits per heavy atom. The van der Waals surface area contributed by atoms with E-state index in [2.05, 4.69) is 19.2 Å². The molecule has 1 aromatic rings. The fourth-order valence-electron chi connectivity index (χ4n) is 3.04. The number of benzene rings is 1. The molecule has 1 saturated heterocycles. The van der Waals surface area contributed by atoms with Gasteiger partial charge in [-0.15, -0.1) is 0 Å². The van der Waals surface area contributed by atoms with Gasteiger partial charge in [0, 0.05) is 24.3 Å². The van der Waals surface area contributed by atoms with E-state index in [0.717, 1.165) is 25.8 Å². The van der Waals surface area contributed by atoms with Gasteiger partial charge in [-0.25, -0.2) is 0 Å². The predicted octanol–water partition coefficient (Wildman–Crippen LogP) is 4.06. The zero-order valence-electron chi connectivity index (χ0n) is 12.6. The van der Waals surface area contributed by atoms with Crippen LogP contribution in [0.5, 0.6) is 0 Å². The third-order valence-electron chi connectivity index (χ3n) is 4.50. The van der Waals surface area contributed by atoms with Crippen molar-refractivity contribution in [3.05, 3.63) is 29.8 Å². The lowest BCUT2D eigenvalue weighted by Gasteiger charge is -2.37. The summed E-state index contributed by atoms with van der Waals surface area (Å²) in [5.41, 5.74) is -0.331. The number of anilines is 1. The molecule has 0 spiro atoms. The molecule has 1 aliphatic rings. The third-order valence-corrected chi connectivity index (χ3v) is 4.50. The SMILES string of the molecule is CCC1(CC)CN(c2ccccc2C(F)(F)F)CCCN1. The molecule has 118 valence electrons. The summed E-state index contributed by atoms with van der Waals surface area (Å²) in [5, 5.41) is 3.53. The smallest absolute Gasteiger partial charge is 0.369 e. The standard InChI is InChI=1S/C16H23F3N2/c1-3-15(4-2)12-21(11-7-10-20-15)14-9-6-5-8-13(14)16(17,18)19/h5-6,8-9,20H,3-4,7,10-12H2,1-2H3. The molecule has 0 bridgehead atoms. The summed E-state index contributed by atoms with van der Waals surface area (Å²) in [4.78, 5) is 1.90. The van der Waals surface area contributed by atoms with Gasteiger partial charge in [-0.3, -0.25) is 0 Å². The molecule has 1 N–H and O–H groups in total. The van der Waals surface area contributed by atoms with Crippen LogP contribution in [-0.4, -0.2) is 25.2 Å². The van der Waals surface area contributed by atoms with E-state index in [0.29, 0.717) is 18.8 Å². The Balaban J connectivity index is 2.36. The molecule has 0 unspecified atom stereocenters. The summed E-state index contributed by atoms with van der Waals surface area (Å²) < 4.78 is 39.7. The highest BCUT2D eigenvalue weighted by molar-refractivity contribution is 5.55. The van der Waals surface area contributed by atoms with E-state index in [1.807, 2.05) is 4.90 Å². The Kier molecular flexibility index (Phi) is 4.81. The lowest BCUT2D eigenvalue weighted by molar-refractivity contribution is -0.137. The Labute approximate surface area is 124 Å². The second-order valence-electron chi connectivity index (χ2n) is 5.70. The van der Waals surface area contributed by atoms with Crippen molar-refractivity contribution in [3.63, 3.8) is 0 Å². The molecular formula is C16H23F3N2. The first-order chi connectivity index (χ1) is 9.92. The number of para-hydroxylation sites is 1. The van der Waals surface area contributed by atoms with Gasteiger partial charge < -0.3 is 10.2 Å². The molecule has 1 aromatic carbocycles. The highest BCUT2D eigenvalue weighted by Crippen LogP contribution is 2.37. The molecular weight excluding hydrogens is 277 g/mol. The third kappa shape index (κ3) is 3.51. The van der Waals surface area contributed by atoms with Crippen molar-refractivity contribution >= 4 is 5.69 Å². The Morgan fingerprint density at radius 1 is 1.19 bits per heavy atom. The van der Waals surface area contributed by atoms with Gasteiger partial charge in [-0.2, -0.15) is 13.2 Å². The monoisotopic (exact) mass is 300 g/mol. The van der Waals surface area contributed by atoms with Crippen molar-refractivity contribution in [2.45, 2.75) is 44.8 Å². The average Bonchev–Trinajstić information content (AvgIpc) is 2.69. The molecule has 1 heterocycles. The quantitative estimate of drug-likeness (QED) is 0.905. The van der Waals surface area contributed by atoms with Crippen LogP contribution in [0, 0.1) is 0 Å². The summed E-state index contributed by atoms with van der Waals surface area (Å²) >= 11 is 0. The maximum absolute atomic E-state index is 13.2. The number of alkyl halides is 3.